The Hall–Kier alpha value is -1.59. The molecule has 1 unspecified atom stereocenters. The molecule has 0 aromatic carbocycles. The minimum absolute atomic E-state index is 0.178. The van der Waals surface area contributed by atoms with Crippen LogP contribution in [0.3, 0.4) is 0 Å². The summed E-state index contributed by atoms with van der Waals surface area (Å²) in [6.45, 7) is 2.55. The van der Waals surface area contributed by atoms with Crippen LogP contribution in [-0.2, 0) is 11.3 Å². The van der Waals surface area contributed by atoms with Gasteiger partial charge in [-0.05, 0) is 49.9 Å². The summed E-state index contributed by atoms with van der Waals surface area (Å²) in [6.07, 6.45) is 7.02. The predicted octanol–water partition coefficient (Wildman–Crippen LogP) is 1.99. The lowest BCUT2D eigenvalue weighted by atomic mass is 9.92. The highest BCUT2D eigenvalue weighted by Crippen LogP contribution is 2.58. The quantitative estimate of drug-likeness (QED) is 0.910. The number of aromatic nitrogens is 2. The molecule has 2 N–H and O–H groups in total. The van der Waals surface area contributed by atoms with Crippen LogP contribution in [0.1, 0.15) is 25.0 Å². The molecule has 2 aliphatic rings. The molecule has 4 rings (SSSR count). The summed E-state index contributed by atoms with van der Waals surface area (Å²) < 4.78 is 1.88. The zero-order chi connectivity index (χ0) is 15.2. The minimum atomic E-state index is 0.178. The van der Waals surface area contributed by atoms with Gasteiger partial charge in [0.25, 0.3) is 0 Å². The van der Waals surface area contributed by atoms with Crippen molar-refractivity contribution in [2.45, 2.75) is 25.8 Å². The second-order valence-corrected chi connectivity index (χ2v) is 6.87. The van der Waals surface area contributed by atoms with Gasteiger partial charge in [0.2, 0.25) is 5.91 Å². The van der Waals surface area contributed by atoms with E-state index in [2.05, 4.69) is 15.6 Å². The van der Waals surface area contributed by atoms with Gasteiger partial charge in [0, 0.05) is 18.3 Å². The number of hydrogen-bond donors (Lipinski definition) is 2. The molecule has 1 saturated heterocycles. The Morgan fingerprint density at radius 2 is 2.23 bits per heavy atom. The second kappa shape index (κ2) is 5.25. The third kappa shape index (κ3) is 2.48. The van der Waals surface area contributed by atoms with Crippen molar-refractivity contribution < 1.29 is 4.79 Å². The van der Waals surface area contributed by atoms with Crippen molar-refractivity contribution in [3.05, 3.63) is 35.2 Å². The number of carbonyl (C=O) groups excluding carboxylic acids is 1. The van der Waals surface area contributed by atoms with E-state index in [1.54, 1.807) is 0 Å². The van der Waals surface area contributed by atoms with E-state index < -0.39 is 0 Å². The Morgan fingerprint density at radius 3 is 3.05 bits per heavy atom. The summed E-state index contributed by atoms with van der Waals surface area (Å²) >= 11 is 5.96. The van der Waals surface area contributed by atoms with Gasteiger partial charge in [-0.3, -0.25) is 4.79 Å². The van der Waals surface area contributed by atoms with Crippen LogP contribution in [0.2, 0.25) is 5.02 Å². The SMILES string of the molecule is O=C(NCc1cn2cc(Cl)ccc2n1)C1CC12CCNCC2. The van der Waals surface area contributed by atoms with Crippen molar-refractivity contribution in [1.29, 1.82) is 0 Å². The zero-order valence-corrected chi connectivity index (χ0v) is 13.1. The van der Waals surface area contributed by atoms with Gasteiger partial charge in [0.05, 0.1) is 17.3 Å². The zero-order valence-electron chi connectivity index (χ0n) is 12.3. The summed E-state index contributed by atoms with van der Waals surface area (Å²) in [4.78, 5) is 16.8. The smallest absolute Gasteiger partial charge is 0.224 e. The number of imidazole rings is 1. The van der Waals surface area contributed by atoms with Crippen LogP contribution >= 0.6 is 11.6 Å². The number of halogens is 1. The topological polar surface area (TPSA) is 58.4 Å². The lowest BCUT2D eigenvalue weighted by molar-refractivity contribution is -0.123. The predicted molar refractivity (Wildman–Crippen MR) is 84.7 cm³/mol. The summed E-state index contributed by atoms with van der Waals surface area (Å²) in [5.74, 6) is 0.373. The van der Waals surface area contributed by atoms with Crippen molar-refractivity contribution in [3.8, 4) is 0 Å². The standard InChI is InChI=1S/C16H19ClN4O/c17-11-1-2-14-20-12(10-21(14)9-11)8-19-15(22)13-7-16(13)3-5-18-6-4-16/h1-2,9-10,13,18H,3-8H2,(H,19,22). The van der Waals surface area contributed by atoms with E-state index in [9.17, 15) is 4.79 Å². The first-order valence-corrected chi connectivity index (χ1v) is 8.16. The lowest BCUT2D eigenvalue weighted by Crippen LogP contribution is -2.33. The minimum Gasteiger partial charge on any atom is -0.350 e. The number of rotatable bonds is 3. The number of amides is 1. The van der Waals surface area contributed by atoms with Crippen LogP contribution in [0, 0.1) is 11.3 Å². The molecular formula is C16H19ClN4O. The monoisotopic (exact) mass is 318 g/mol. The van der Waals surface area contributed by atoms with Crippen LogP contribution in [0.5, 0.6) is 0 Å². The van der Waals surface area contributed by atoms with Crippen molar-refractivity contribution in [1.82, 2.24) is 20.0 Å². The average Bonchev–Trinajstić information content (AvgIpc) is 3.05. The summed E-state index contributed by atoms with van der Waals surface area (Å²) in [5, 5.41) is 7.07. The number of pyridine rings is 1. The van der Waals surface area contributed by atoms with E-state index in [4.69, 9.17) is 11.6 Å². The largest absolute Gasteiger partial charge is 0.350 e. The molecule has 6 heteroatoms. The number of fused-ring (bicyclic) bond motifs is 1. The molecule has 116 valence electrons. The summed E-state index contributed by atoms with van der Waals surface area (Å²) in [7, 11) is 0. The third-order valence-electron chi connectivity index (χ3n) is 5.01. The van der Waals surface area contributed by atoms with Gasteiger partial charge in [-0.25, -0.2) is 4.98 Å². The van der Waals surface area contributed by atoms with Gasteiger partial charge in [-0.1, -0.05) is 11.6 Å². The molecule has 1 atom stereocenters. The van der Waals surface area contributed by atoms with E-state index in [-0.39, 0.29) is 17.2 Å². The number of piperidine rings is 1. The number of nitrogens with zero attached hydrogens (tertiary/aromatic N) is 2. The Morgan fingerprint density at radius 1 is 1.41 bits per heavy atom. The molecule has 1 amide bonds. The van der Waals surface area contributed by atoms with Gasteiger partial charge in [0.1, 0.15) is 5.65 Å². The molecule has 0 bridgehead atoms. The second-order valence-electron chi connectivity index (χ2n) is 6.43. The Balaban J connectivity index is 1.38. The molecule has 2 aromatic heterocycles. The summed E-state index contributed by atoms with van der Waals surface area (Å²) in [6, 6.07) is 3.69. The normalized spacial score (nSPS) is 22.9. The van der Waals surface area contributed by atoms with Crippen LogP contribution in [0.25, 0.3) is 5.65 Å². The molecule has 1 saturated carbocycles. The van der Waals surface area contributed by atoms with Gasteiger partial charge in [-0.2, -0.15) is 0 Å². The molecule has 22 heavy (non-hydrogen) atoms. The van der Waals surface area contributed by atoms with Crippen molar-refractivity contribution in [2.75, 3.05) is 13.1 Å². The van der Waals surface area contributed by atoms with Gasteiger partial charge in [-0.15, -0.1) is 0 Å². The molecule has 3 heterocycles. The Labute approximate surface area is 134 Å². The van der Waals surface area contributed by atoms with Crippen LogP contribution in [0.4, 0.5) is 0 Å². The van der Waals surface area contributed by atoms with Gasteiger partial charge >= 0.3 is 0 Å². The van der Waals surface area contributed by atoms with E-state index in [0.29, 0.717) is 11.6 Å². The summed E-state index contributed by atoms with van der Waals surface area (Å²) in [5.41, 5.74) is 1.98. The number of nitrogens with one attached hydrogen (secondary N) is 2. The third-order valence-corrected chi connectivity index (χ3v) is 5.24. The number of hydrogen-bond acceptors (Lipinski definition) is 3. The Bertz CT molecular complexity index is 720. The first kappa shape index (κ1) is 14.0. The lowest BCUT2D eigenvalue weighted by Gasteiger charge is -2.23. The maximum absolute atomic E-state index is 12.3. The van der Waals surface area contributed by atoms with Crippen LogP contribution in [0.15, 0.2) is 24.5 Å². The van der Waals surface area contributed by atoms with Crippen LogP contribution in [-0.4, -0.2) is 28.4 Å². The average molecular weight is 319 g/mol. The molecule has 2 fully saturated rings. The van der Waals surface area contributed by atoms with Crippen molar-refractivity contribution >= 4 is 23.2 Å². The van der Waals surface area contributed by atoms with E-state index >= 15 is 0 Å². The highest BCUT2D eigenvalue weighted by atomic mass is 35.5. The number of carbonyl (C=O) groups is 1. The fourth-order valence-corrected chi connectivity index (χ4v) is 3.77. The molecule has 5 nitrogen and oxygen atoms in total. The maximum Gasteiger partial charge on any atom is 0.224 e. The molecular weight excluding hydrogens is 300 g/mol. The van der Waals surface area contributed by atoms with E-state index in [0.717, 1.165) is 43.7 Å². The molecule has 2 aromatic rings. The molecule has 1 aliphatic heterocycles. The van der Waals surface area contributed by atoms with Gasteiger partial charge in [0.15, 0.2) is 0 Å². The fraction of sp³-hybridized carbons (Fsp3) is 0.500. The van der Waals surface area contributed by atoms with Crippen LogP contribution < -0.4 is 10.6 Å². The van der Waals surface area contributed by atoms with Gasteiger partial charge < -0.3 is 15.0 Å². The molecule has 1 spiro atoms. The molecule has 0 radical (unpaired) electrons. The first-order chi connectivity index (χ1) is 10.7. The van der Waals surface area contributed by atoms with Crippen molar-refractivity contribution in [3.63, 3.8) is 0 Å². The van der Waals surface area contributed by atoms with E-state index in [1.807, 2.05) is 28.9 Å². The molecule has 1 aliphatic carbocycles. The maximum atomic E-state index is 12.3. The van der Waals surface area contributed by atoms with E-state index in [1.165, 1.54) is 0 Å². The van der Waals surface area contributed by atoms with Crippen molar-refractivity contribution in [2.24, 2.45) is 11.3 Å². The highest BCUT2D eigenvalue weighted by Gasteiger charge is 2.57. The highest BCUT2D eigenvalue weighted by molar-refractivity contribution is 6.30. The fourth-order valence-electron chi connectivity index (χ4n) is 3.60. The first-order valence-electron chi connectivity index (χ1n) is 7.78. The Kier molecular flexibility index (Phi) is 3.35.